The second-order valence-electron chi connectivity index (χ2n) is 6.52. The van der Waals surface area contributed by atoms with Crippen LogP contribution in [0.15, 0.2) is 53.6 Å². The quantitative estimate of drug-likeness (QED) is 0.613. The summed E-state index contributed by atoms with van der Waals surface area (Å²) in [5.74, 6) is 0.698. The first-order valence-corrected chi connectivity index (χ1v) is 8.86. The van der Waals surface area contributed by atoms with Gasteiger partial charge in [-0.05, 0) is 50.1 Å². The number of aromatic nitrogens is 2. The lowest BCUT2D eigenvalue weighted by Gasteiger charge is -2.17. The molecule has 6 nitrogen and oxygen atoms in total. The summed E-state index contributed by atoms with van der Waals surface area (Å²) in [6.07, 6.45) is 3.30. The van der Waals surface area contributed by atoms with Gasteiger partial charge in [0.05, 0.1) is 12.8 Å². The van der Waals surface area contributed by atoms with E-state index in [0.717, 1.165) is 16.9 Å². The second kappa shape index (κ2) is 8.08. The van der Waals surface area contributed by atoms with E-state index in [1.54, 1.807) is 31.6 Å². The molecule has 3 rings (SSSR count). The van der Waals surface area contributed by atoms with Gasteiger partial charge >= 0.3 is 0 Å². The normalized spacial score (nSPS) is 10.6. The minimum atomic E-state index is -0.397. The highest BCUT2D eigenvalue weighted by Crippen LogP contribution is 2.22. The van der Waals surface area contributed by atoms with E-state index in [1.165, 1.54) is 11.5 Å². The summed E-state index contributed by atoms with van der Waals surface area (Å²) in [5, 5.41) is 0. The van der Waals surface area contributed by atoms with Crippen LogP contribution in [0.3, 0.4) is 0 Å². The smallest absolute Gasteiger partial charge is 0.269 e. The molecule has 0 spiro atoms. The average molecular weight is 378 g/mol. The summed E-state index contributed by atoms with van der Waals surface area (Å²) < 4.78 is 12.5. The number of pyridine rings is 2. The molecule has 3 aromatic rings. The number of carbonyl (C=O) groups is 1. The Balaban J connectivity index is 2.01. The highest BCUT2D eigenvalue weighted by atomic mass is 16.5. The van der Waals surface area contributed by atoms with Crippen molar-refractivity contribution < 1.29 is 14.3 Å². The van der Waals surface area contributed by atoms with Gasteiger partial charge in [0, 0.05) is 24.2 Å². The zero-order valence-corrected chi connectivity index (χ0v) is 16.4. The van der Waals surface area contributed by atoms with E-state index in [2.05, 4.69) is 4.98 Å². The average Bonchev–Trinajstić information content (AvgIpc) is 2.67. The SMILES string of the molecule is COc1ccc(COc2cc(C)n(-c3ccncc3C)c(=O)c2C(C)=O)cc1. The molecule has 28 heavy (non-hydrogen) atoms. The van der Waals surface area contributed by atoms with Crippen LogP contribution in [0.25, 0.3) is 5.69 Å². The van der Waals surface area contributed by atoms with Gasteiger partial charge in [-0.2, -0.15) is 0 Å². The predicted molar refractivity (Wildman–Crippen MR) is 107 cm³/mol. The van der Waals surface area contributed by atoms with Gasteiger partial charge in [-0.3, -0.25) is 19.1 Å². The summed E-state index contributed by atoms with van der Waals surface area (Å²) in [5.41, 5.74) is 2.76. The van der Waals surface area contributed by atoms with Crippen LogP contribution >= 0.6 is 0 Å². The summed E-state index contributed by atoms with van der Waals surface area (Å²) >= 11 is 0. The number of ether oxygens (including phenoxy) is 2. The lowest BCUT2D eigenvalue weighted by Crippen LogP contribution is -2.27. The molecular weight excluding hydrogens is 356 g/mol. The highest BCUT2D eigenvalue weighted by Gasteiger charge is 2.19. The Kier molecular flexibility index (Phi) is 5.59. The van der Waals surface area contributed by atoms with E-state index in [1.807, 2.05) is 38.1 Å². The maximum atomic E-state index is 13.1. The van der Waals surface area contributed by atoms with Crippen molar-refractivity contribution in [3.63, 3.8) is 0 Å². The number of methoxy groups -OCH3 is 1. The van der Waals surface area contributed by atoms with Gasteiger partial charge < -0.3 is 9.47 Å². The molecule has 0 unspecified atom stereocenters. The van der Waals surface area contributed by atoms with Crippen molar-refractivity contribution in [2.45, 2.75) is 27.4 Å². The molecule has 0 saturated heterocycles. The Hall–Kier alpha value is -3.41. The molecular formula is C22H22N2O4. The van der Waals surface area contributed by atoms with Gasteiger partial charge in [0.1, 0.15) is 23.7 Å². The van der Waals surface area contributed by atoms with Crippen molar-refractivity contribution in [1.29, 1.82) is 0 Å². The molecule has 0 radical (unpaired) electrons. The van der Waals surface area contributed by atoms with E-state index < -0.39 is 5.56 Å². The van der Waals surface area contributed by atoms with Crippen LogP contribution in [-0.4, -0.2) is 22.4 Å². The van der Waals surface area contributed by atoms with Crippen molar-refractivity contribution in [3.8, 4) is 17.2 Å². The third-order valence-electron chi connectivity index (χ3n) is 4.49. The number of nitrogens with zero attached hydrogens (tertiary/aromatic N) is 2. The Bertz CT molecular complexity index is 1070. The minimum Gasteiger partial charge on any atom is -0.497 e. The number of benzene rings is 1. The van der Waals surface area contributed by atoms with Gasteiger partial charge in [0.25, 0.3) is 5.56 Å². The van der Waals surface area contributed by atoms with Crippen LogP contribution in [0, 0.1) is 13.8 Å². The van der Waals surface area contributed by atoms with Crippen LogP contribution in [0.1, 0.15) is 34.1 Å². The Morgan fingerprint density at radius 2 is 1.86 bits per heavy atom. The predicted octanol–water partition coefficient (Wildman–Crippen LogP) is 3.64. The maximum absolute atomic E-state index is 13.1. The highest BCUT2D eigenvalue weighted by molar-refractivity contribution is 5.96. The van der Waals surface area contributed by atoms with Crippen molar-refractivity contribution in [1.82, 2.24) is 9.55 Å². The van der Waals surface area contributed by atoms with Gasteiger partial charge in [-0.25, -0.2) is 0 Å². The number of Topliss-reactive ketones (excluding diaryl/α,β-unsaturated/α-hetero) is 1. The maximum Gasteiger partial charge on any atom is 0.269 e. The molecule has 1 aromatic carbocycles. The Morgan fingerprint density at radius 1 is 1.14 bits per heavy atom. The zero-order valence-electron chi connectivity index (χ0n) is 16.4. The van der Waals surface area contributed by atoms with Crippen molar-refractivity contribution in [2.75, 3.05) is 7.11 Å². The minimum absolute atomic E-state index is 0.0373. The molecule has 144 valence electrons. The third-order valence-corrected chi connectivity index (χ3v) is 4.49. The first-order chi connectivity index (χ1) is 13.4. The number of rotatable bonds is 6. The van der Waals surface area contributed by atoms with E-state index in [-0.39, 0.29) is 23.7 Å². The second-order valence-corrected chi connectivity index (χ2v) is 6.52. The molecule has 0 atom stereocenters. The van der Waals surface area contributed by atoms with Gasteiger partial charge in [-0.1, -0.05) is 12.1 Å². The number of carbonyl (C=O) groups excluding carboxylic acids is 1. The largest absolute Gasteiger partial charge is 0.497 e. The van der Waals surface area contributed by atoms with Crippen molar-refractivity contribution in [2.24, 2.45) is 0 Å². The van der Waals surface area contributed by atoms with Crippen LogP contribution < -0.4 is 15.0 Å². The first kappa shape index (κ1) is 19.4. The summed E-state index contributed by atoms with van der Waals surface area (Å²) in [6.45, 7) is 5.29. The standard InChI is InChI=1S/C22H22N2O4/c1-14-12-23-10-9-19(14)24-15(2)11-20(21(16(3)25)22(24)26)28-13-17-5-7-18(27-4)8-6-17/h5-12H,13H2,1-4H3. The van der Waals surface area contributed by atoms with Crippen LogP contribution in [0.4, 0.5) is 0 Å². The van der Waals surface area contributed by atoms with E-state index >= 15 is 0 Å². The van der Waals surface area contributed by atoms with Crippen LogP contribution in [0.5, 0.6) is 11.5 Å². The first-order valence-electron chi connectivity index (χ1n) is 8.86. The van der Waals surface area contributed by atoms with Crippen molar-refractivity contribution in [3.05, 3.63) is 81.5 Å². The molecule has 0 aliphatic heterocycles. The molecule has 0 N–H and O–H groups in total. The Labute approximate surface area is 163 Å². The summed E-state index contributed by atoms with van der Waals surface area (Å²) in [7, 11) is 1.60. The topological polar surface area (TPSA) is 70.4 Å². The van der Waals surface area contributed by atoms with Crippen molar-refractivity contribution >= 4 is 5.78 Å². The zero-order chi connectivity index (χ0) is 20.3. The fourth-order valence-electron chi connectivity index (χ4n) is 3.04. The molecule has 2 heterocycles. The molecule has 6 heteroatoms. The number of ketones is 1. The number of hydrogen-bond donors (Lipinski definition) is 0. The number of hydrogen-bond acceptors (Lipinski definition) is 5. The molecule has 0 fully saturated rings. The lowest BCUT2D eigenvalue weighted by atomic mass is 10.1. The molecule has 0 amide bonds. The monoisotopic (exact) mass is 378 g/mol. The van der Waals surface area contributed by atoms with Crippen LogP contribution in [0.2, 0.25) is 0 Å². The fourth-order valence-corrected chi connectivity index (χ4v) is 3.04. The van der Waals surface area contributed by atoms with E-state index in [4.69, 9.17) is 9.47 Å². The molecule has 0 aliphatic carbocycles. The van der Waals surface area contributed by atoms with E-state index in [0.29, 0.717) is 11.4 Å². The molecule has 0 bridgehead atoms. The number of aryl methyl sites for hydroxylation is 2. The summed E-state index contributed by atoms with van der Waals surface area (Å²) in [6, 6.07) is 10.9. The fraction of sp³-hybridized carbons (Fsp3) is 0.227. The summed E-state index contributed by atoms with van der Waals surface area (Å²) in [4.78, 5) is 29.4. The Morgan fingerprint density at radius 3 is 2.46 bits per heavy atom. The van der Waals surface area contributed by atoms with E-state index in [9.17, 15) is 9.59 Å². The third kappa shape index (κ3) is 3.81. The van der Waals surface area contributed by atoms with Gasteiger partial charge in [0.2, 0.25) is 0 Å². The molecule has 0 aliphatic rings. The molecule has 2 aromatic heterocycles. The van der Waals surface area contributed by atoms with Crippen LogP contribution in [-0.2, 0) is 6.61 Å². The lowest BCUT2D eigenvalue weighted by molar-refractivity contribution is 0.101. The van der Waals surface area contributed by atoms with Gasteiger partial charge in [-0.15, -0.1) is 0 Å². The molecule has 0 saturated carbocycles. The van der Waals surface area contributed by atoms with Gasteiger partial charge in [0.15, 0.2) is 5.78 Å².